The number of rotatable bonds is 9. The molecule has 0 radical (unpaired) electrons. The highest BCUT2D eigenvalue weighted by molar-refractivity contribution is 5.82. The van der Waals surface area contributed by atoms with E-state index in [-0.39, 0.29) is 5.97 Å². The summed E-state index contributed by atoms with van der Waals surface area (Å²) in [6, 6.07) is 17.9. The first-order valence-corrected chi connectivity index (χ1v) is 12.7. The number of fused-ring (bicyclic) bond motifs is 1. The van der Waals surface area contributed by atoms with Crippen molar-refractivity contribution in [1.29, 1.82) is 0 Å². The van der Waals surface area contributed by atoms with Crippen molar-refractivity contribution in [1.82, 2.24) is 14.5 Å². The first-order chi connectivity index (χ1) is 17.4. The number of ether oxygens (including phenoxy) is 1. The maximum atomic E-state index is 13.0. The highest BCUT2D eigenvalue weighted by Crippen LogP contribution is 2.32. The summed E-state index contributed by atoms with van der Waals surface area (Å²) in [5, 5.41) is 0. The molecular weight excluding hydrogens is 448 g/mol. The number of aryl methyl sites for hydroxylation is 4. The van der Waals surface area contributed by atoms with Crippen LogP contribution in [0.1, 0.15) is 60.1 Å². The van der Waals surface area contributed by atoms with Crippen LogP contribution in [0.25, 0.3) is 11.2 Å². The Morgan fingerprint density at radius 3 is 2.39 bits per heavy atom. The van der Waals surface area contributed by atoms with E-state index in [0.717, 1.165) is 64.4 Å². The Morgan fingerprint density at radius 2 is 1.75 bits per heavy atom. The van der Waals surface area contributed by atoms with Gasteiger partial charge >= 0.3 is 5.97 Å². The average molecular weight is 485 g/mol. The number of hydrogen-bond acceptors (Lipinski definition) is 5. The van der Waals surface area contributed by atoms with Crippen LogP contribution in [0.15, 0.2) is 54.6 Å². The summed E-state index contributed by atoms with van der Waals surface area (Å²) < 4.78 is 7.47. The lowest BCUT2D eigenvalue weighted by atomic mass is 10.0. The van der Waals surface area contributed by atoms with E-state index in [1.807, 2.05) is 37.3 Å². The normalized spacial score (nSPS) is 12.1. The number of benzene rings is 2. The molecular formula is C30H36N4O2. The van der Waals surface area contributed by atoms with Crippen LogP contribution in [0.5, 0.6) is 0 Å². The number of aromatic nitrogens is 3. The highest BCUT2D eigenvalue weighted by atomic mass is 16.5. The molecule has 4 aromatic rings. The molecule has 0 saturated heterocycles. The fourth-order valence-corrected chi connectivity index (χ4v) is 5.02. The largest absolute Gasteiger partial charge is 0.467 e. The van der Waals surface area contributed by atoms with E-state index in [9.17, 15) is 4.79 Å². The molecule has 1 atom stereocenters. The summed E-state index contributed by atoms with van der Waals surface area (Å²) in [6.07, 6.45) is 1.75. The number of carbonyl (C=O) groups excluding carboxylic acids is 1. The summed E-state index contributed by atoms with van der Waals surface area (Å²) >= 11 is 0. The molecule has 188 valence electrons. The molecule has 0 aliphatic carbocycles. The molecule has 4 rings (SSSR count). The van der Waals surface area contributed by atoms with Gasteiger partial charge in [0.2, 0.25) is 0 Å². The summed E-state index contributed by atoms with van der Waals surface area (Å²) in [7, 11) is 1.45. The minimum Gasteiger partial charge on any atom is -0.467 e. The van der Waals surface area contributed by atoms with E-state index >= 15 is 0 Å². The molecule has 0 N–H and O–H groups in total. The van der Waals surface area contributed by atoms with Gasteiger partial charge in [-0.3, -0.25) is 0 Å². The third-order valence-corrected chi connectivity index (χ3v) is 6.64. The molecule has 0 amide bonds. The van der Waals surface area contributed by atoms with E-state index in [1.54, 1.807) is 0 Å². The van der Waals surface area contributed by atoms with Crippen LogP contribution in [0.2, 0.25) is 0 Å². The zero-order valence-electron chi connectivity index (χ0n) is 22.2. The summed E-state index contributed by atoms with van der Waals surface area (Å²) in [6.45, 7) is 11.9. The van der Waals surface area contributed by atoms with Gasteiger partial charge in [0.25, 0.3) is 0 Å². The summed E-state index contributed by atoms with van der Waals surface area (Å²) in [5.41, 5.74) is 8.33. The predicted octanol–water partition coefficient (Wildman–Crippen LogP) is 6.10. The zero-order valence-corrected chi connectivity index (χ0v) is 22.2. The molecule has 0 spiro atoms. The Hall–Kier alpha value is -3.67. The van der Waals surface area contributed by atoms with Gasteiger partial charge in [0.1, 0.15) is 11.3 Å². The number of imidazole rings is 1. The van der Waals surface area contributed by atoms with Crippen LogP contribution in [0, 0.1) is 20.8 Å². The Balaban J connectivity index is 1.73. The van der Waals surface area contributed by atoms with Crippen molar-refractivity contribution in [2.45, 2.75) is 60.0 Å². The summed E-state index contributed by atoms with van der Waals surface area (Å²) in [5.74, 6) is 0.780. The molecule has 2 heterocycles. The van der Waals surface area contributed by atoms with Crippen LogP contribution >= 0.6 is 0 Å². The van der Waals surface area contributed by atoms with Gasteiger partial charge in [0.15, 0.2) is 11.7 Å². The van der Waals surface area contributed by atoms with Crippen molar-refractivity contribution in [2.75, 3.05) is 18.6 Å². The number of nitrogens with zero attached hydrogens (tertiary/aromatic N) is 4. The van der Waals surface area contributed by atoms with Gasteiger partial charge in [-0.1, -0.05) is 56.3 Å². The topological polar surface area (TPSA) is 60.2 Å². The Bertz CT molecular complexity index is 1360. The van der Waals surface area contributed by atoms with E-state index in [4.69, 9.17) is 14.7 Å². The highest BCUT2D eigenvalue weighted by Gasteiger charge is 2.29. The second-order valence-corrected chi connectivity index (χ2v) is 9.37. The van der Waals surface area contributed by atoms with Gasteiger partial charge in [-0.2, -0.15) is 0 Å². The number of carbonyl (C=O) groups is 1. The van der Waals surface area contributed by atoms with Crippen LogP contribution in [0.3, 0.4) is 0 Å². The number of hydrogen-bond donors (Lipinski definition) is 0. The minimum absolute atomic E-state index is 0.257. The van der Waals surface area contributed by atoms with Crippen molar-refractivity contribution in [3.05, 3.63) is 88.4 Å². The Kier molecular flexibility index (Phi) is 7.73. The minimum atomic E-state index is -0.500. The smallest absolute Gasteiger partial charge is 0.333 e. The third-order valence-electron chi connectivity index (χ3n) is 6.64. The van der Waals surface area contributed by atoms with E-state index in [0.29, 0.717) is 6.54 Å². The lowest BCUT2D eigenvalue weighted by Crippen LogP contribution is -2.36. The van der Waals surface area contributed by atoms with Gasteiger partial charge in [-0.15, -0.1) is 0 Å². The molecule has 0 bridgehead atoms. The van der Waals surface area contributed by atoms with Gasteiger partial charge in [-0.05, 0) is 61.6 Å². The number of pyridine rings is 1. The van der Waals surface area contributed by atoms with Gasteiger partial charge in [-0.25, -0.2) is 14.8 Å². The van der Waals surface area contributed by atoms with Crippen molar-refractivity contribution < 1.29 is 9.53 Å². The van der Waals surface area contributed by atoms with Crippen LogP contribution in [-0.4, -0.2) is 34.2 Å². The molecule has 0 saturated carbocycles. The van der Waals surface area contributed by atoms with E-state index in [2.05, 4.69) is 61.4 Å². The molecule has 6 nitrogen and oxygen atoms in total. The van der Waals surface area contributed by atoms with Crippen molar-refractivity contribution in [3.63, 3.8) is 0 Å². The van der Waals surface area contributed by atoms with E-state index < -0.39 is 6.04 Å². The lowest BCUT2D eigenvalue weighted by molar-refractivity contribution is -0.142. The van der Waals surface area contributed by atoms with Crippen LogP contribution < -0.4 is 4.90 Å². The van der Waals surface area contributed by atoms with Crippen LogP contribution in [0.4, 0.5) is 5.69 Å². The average Bonchev–Trinajstić information content (AvgIpc) is 3.22. The van der Waals surface area contributed by atoms with Crippen LogP contribution in [-0.2, 0) is 22.5 Å². The Morgan fingerprint density at radius 1 is 1.00 bits per heavy atom. The summed E-state index contributed by atoms with van der Waals surface area (Å²) in [4.78, 5) is 24.8. The standard InChI is InChI=1S/C30H36N4O2/c1-7-16-33(28(30(35)36-6)24-12-10-9-11-13-24)25-15-14-23(18-20(25)3)19-34-26(8-2)32-27-21(4)17-22(5)31-29(27)34/h9-15,17-18,28H,7-8,16,19H2,1-6H3. The first kappa shape index (κ1) is 25.4. The van der Waals surface area contributed by atoms with E-state index in [1.165, 1.54) is 12.7 Å². The molecule has 0 aliphatic rings. The molecule has 0 aliphatic heterocycles. The number of anilines is 1. The molecule has 1 unspecified atom stereocenters. The molecule has 6 heteroatoms. The zero-order chi connectivity index (χ0) is 25.8. The lowest BCUT2D eigenvalue weighted by Gasteiger charge is -2.33. The molecule has 0 fully saturated rings. The fraction of sp³-hybridized carbons (Fsp3) is 0.367. The van der Waals surface area contributed by atoms with Gasteiger partial charge < -0.3 is 14.2 Å². The second kappa shape index (κ2) is 10.9. The maximum Gasteiger partial charge on any atom is 0.333 e. The van der Waals surface area contributed by atoms with Gasteiger partial charge in [0.05, 0.1) is 13.7 Å². The van der Waals surface area contributed by atoms with Crippen molar-refractivity contribution in [2.24, 2.45) is 0 Å². The monoisotopic (exact) mass is 484 g/mol. The van der Waals surface area contributed by atoms with Crippen molar-refractivity contribution >= 4 is 22.8 Å². The SMILES string of the molecule is CCCN(c1ccc(Cn2c(CC)nc3c(C)cc(C)nc32)cc1C)C(C(=O)OC)c1ccccc1. The number of methoxy groups -OCH3 is 1. The molecule has 2 aromatic carbocycles. The molecule has 36 heavy (non-hydrogen) atoms. The maximum absolute atomic E-state index is 13.0. The second-order valence-electron chi connectivity index (χ2n) is 9.37. The third kappa shape index (κ3) is 4.99. The first-order valence-electron chi connectivity index (χ1n) is 12.7. The number of esters is 1. The van der Waals surface area contributed by atoms with Crippen molar-refractivity contribution in [3.8, 4) is 0 Å². The quantitative estimate of drug-likeness (QED) is 0.269. The molecule has 2 aromatic heterocycles. The fourth-order valence-electron chi connectivity index (χ4n) is 5.02. The van der Waals surface area contributed by atoms with Gasteiger partial charge in [0, 0.05) is 24.3 Å². The Labute approximate surface area is 213 Å². The predicted molar refractivity (Wildman–Crippen MR) is 145 cm³/mol.